The Labute approximate surface area is 202 Å². The van der Waals surface area contributed by atoms with Crippen molar-refractivity contribution >= 4 is 23.5 Å². The molecule has 0 unspecified atom stereocenters. The van der Waals surface area contributed by atoms with Gasteiger partial charge in [0.2, 0.25) is 5.95 Å². The smallest absolute Gasteiger partial charge is 0.328 e. The Balaban J connectivity index is 1.86. The third-order valence-corrected chi connectivity index (χ3v) is 6.03. The number of rotatable bonds is 8. The molecule has 1 aromatic heterocycles. The van der Waals surface area contributed by atoms with E-state index < -0.39 is 29.2 Å². The third-order valence-electron chi connectivity index (χ3n) is 6.03. The van der Waals surface area contributed by atoms with Crippen molar-refractivity contribution < 1.29 is 18.0 Å². The third kappa shape index (κ3) is 4.93. The van der Waals surface area contributed by atoms with Gasteiger partial charge >= 0.3 is 6.03 Å². The maximum absolute atomic E-state index is 14.7. The molecule has 1 aliphatic heterocycles. The van der Waals surface area contributed by atoms with Gasteiger partial charge in [-0.2, -0.15) is 4.98 Å². The van der Waals surface area contributed by atoms with Gasteiger partial charge in [0.25, 0.3) is 0 Å². The first kappa shape index (κ1) is 24.5. The summed E-state index contributed by atoms with van der Waals surface area (Å²) in [5.74, 6) is -1.93. The van der Waals surface area contributed by atoms with Crippen LogP contribution in [0.25, 0.3) is 11.3 Å². The highest BCUT2D eigenvalue weighted by Gasteiger charge is 2.34. The van der Waals surface area contributed by atoms with Crippen LogP contribution in [0.3, 0.4) is 0 Å². The number of nitrogens with zero attached hydrogens (tertiary/aromatic N) is 4. The van der Waals surface area contributed by atoms with Crippen LogP contribution in [0.2, 0.25) is 0 Å². The highest BCUT2D eigenvalue weighted by molar-refractivity contribution is 6.02. The van der Waals surface area contributed by atoms with E-state index in [0.29, 0.717) is 28.9 Å². The van der Waals surface area contributed by atoms with Gasteiger partial charge in [-0.25, -0.2) is 27.8 Å². The van der Waals surface area contributed by atoms with Crippen LogP contribution in [0, 0.1) is 24.4 Å². The van der Waals surface area contributed by atoms with Gasteiger partial charge in [-0.1, -0.05) is 19.9 Å². The number of halogens is 3. The maximum atomic E-state index is 14.7. The normalized spacial score (nSPS) is 13.1. The maximum Gasteiger partial charge on any atom is 0.328 e. The summed E-state index contributed by atoms with van der Waals surface area (Å²) in [6.07, 6.45) is 0. The summed E-state index contributed by atoms with van der Waals surface area (Å²) in [5, 5.41) is 5.81. The van der Waals surface area contributed by atoms with Crippen LogP contribution in [-0.2, 0) is 6.54 Å². The van der Waals surface area contributed by atoms with E-state index in [2.05, 4.69) is 39.3 Å². The summed E-state index contributed by atoms with van der Waals surface area (Å²) < 4.78 is 43.3. The predicted molar refractivity (Wildman–Crippen MR) is 129 cm³/mol. The van der Waals surface area contributed by atoms with Crippen LogP contribution >= 0.6 is 0 Å². The predicted octanol–water partition coefficient (Wildman–Crippen LogP) is 4.98. The van der Waals surface area contributed by atoms with Crippen molar-refractivity contribution in [1.82, 2.24) is 20.2 Å². The van der Waals surface area contributed by atoms with Gasteiger partial charge < -0.3 is 15.5 Å². The summed E-state index contributed by atoms with van der Waals surface area (Å²) in [6.45, 7) is 8.92. The zero-order valence-corrected chi connectivity index (χ0v) is 19.8. The standard InChI is InChI=1S/C25H27F3N6O/c1-4-33(5-2)12-11-29-24-31-21(17-10-9-16(26)13-15(17)3)18-14-30-25(35)34(23(18)32-24)22-19(27)7-6-8-20(22)28/h6-10,13H,4-5,11-12,14H2,1-3H3,(H,30,35)(H,29,31,32). The second-order valence-corrected chi connectivity index (χ2v) is 8.18. The Bertz CT molecular complexity index is 1230. The molecule has 10 heteroatoms. The van der Waals surface area contributed by atoms with Crippen LogP contribution in [0.15, 0.2) is 36.4 Å². The fourth-order valence-corrected chi connectivity index (χ4v) is 4.13. The van der Waals surface area contributed by atoms with Crippen LogP contribution in [0.1, 0.15) is 25.0 Å². The van der Waals surface area contributed by atoms with Crippen LogP contribution < -0.4 is 15.5 Å². The fourth-order valence-electron chi connectivity index (χ4n) is 4.13. The van der Waals surface area contributed by atoms with Crippen molar-refractivity contribution in [2.24, 2.45) is 0 Å². The van der Waals surface area contributed by atoms with Gasteiger partial charge in [0.05, 0.1) is 12.2 Å². The van der Waals surface area contributed by atoms with E-state index in [1.54, 1.807) is 13.0 Å². The van der Waals surface area contributed by atoms with Crippen LogP contribution in [0.5, 0.6) is 0 Å². The van der Waals surface area contributed by atoms with E-state index in [1.807, 2.05) is 0 Å². The van der Waals surface area contributed by atoms with Crippen molar-refractivity contribution in [2.45, 2.75) is 27.3 Å². The molecule has 35 heavy (non-hydrogen) atoms. The molecule has 0 saturated heterocycles. The first-order chi connectivity index (χ1) is 16.8. The number of anilines is 3. The van der Waals surface area contributed by atoms with E-state index in [1.165, 1.54) is 18.2 Å². The zero-order chi connectivity index (χ0) is 25.1. The number of para-hydroxylation sites is 1. The highest BCUT2D eigenvalue weighted by Crippen LogP contribution is 2.39. The van der Waals surface area contributed by atoms with Crippen molar-refractivity contribution in [2.75, 3.05) is 36.4 Å². The summed E-state index contributed by atoms with van der Waals surface area (Å²) in [7, 11) is 0. The van der Waals surface area contributed by atoms with Crippen LogP contribution in [0.4, 0.5) is 35.4 Å². The molecule has 4 rings (SSSR count). The fraction of sp³-hybridized carbons (Fsp3) is 0.320. The van der Waals surface area contributed by atoms with Crippen molar-refractivity contribution in [3.63, 3.8) is 0 Å². The number of carbonyl (C=O) groups is 1. The van der Waals surface area contributed by atoms with Gasteiger partial charge in [0.15, 0.2) is 5.82 Å². The Morgan fingerprint density at radius 3 is 2.46 bits per heavy atom. The lowest BCUT2D eigenvalue weighted by molar-refractivity contribution is 0.246. The van der Waals surface area contributed by atoms with E-state index >= 15 is 0 Å². The van der Waals surface area contributed by atoms with Gasteiger partial charge in [0.1, 0.15) is 23.1 Å². The molecule has 0 atom stereocenters. The first-order valence-electron chi connectivity index (χ1n) is 11.5. The number of aryl methyl sites for hydroxylation is 1. The van der Waals surface area contributed by atoms with E-state index in [9.17, 15) is 18.0 Å². The molecule has 0 fully saturated rings. The number of hydrogen-bond donors (Lipinski definition) is 2. The number of amides is 2. The van der Waals surface area contributed by atoms with Gasteiger partial charge in [0, 0.05) is 24.2 Å². The Morgan fingerprint density at radius 2 is 1.80 bits per heavy atom. The molecule has 7 nitrogen and oxygen atoms in total. The Hall–Kier alpha value is -3.66. The number of nitrogens with one attached hydrogen (secondary N) is 2. The number of urea groups is 1. The molecule has 1 aliphatic rings. The zero-order valence-electron chi connectivity index (χ0n) is 19.8. The first-order valence-corrected chi connectivity index (χ1v) is 11.5. The average molecular weight is 485 g/mol. The van der Waals surface area contributed by atoms with E-state index in [0.717, 1.165) is 36.7 Å². The van der Waals surface area contributed by atoms with Gasteiger partial charge in [-0.15, -0.1) is 0 Å². The van der Waals surface area contributed by atoms with E-state index in [4.69, 9.17) is 0 Å². The lowest BCUT2D eigenvalue weighted by atomic mass is 10.00. The van der Waals surface area contributed by atoms with Crippen molar-refractivity contribution in [3.8, 4) is 11.3 Å². The quantitative estimate of drug-likeness (QED) is 0.472. The number of hydrogen-bond acceptors (Lipinski definition) is 5. The lowest BCUT2D eigenvalue weighted by Gasteiger charge is -2.31. The van der Waals surface area contributed by atoms with Gasteiger partial charge in [-0.3, -0.25) is 0 Å². The lowest BCUT2D eigenvalue weighted by Crippen LogP contribution is -2.43. The molecule has 2 heterocycles. The minimum Gasteiger partial charge on any atom is -0.353 e. The number of aromatic nitrogens is 2. The second kappa shape index (κ2) is 10.3. The minimum absolute atomic E-state index is 0.0482. The highest BCUT2D eigenvalue weighted by atomic mass is 19.1. The topological polar surface area (TPSA) is 73.4 Å². The van der Waals surface area contributed by atoms with Crippen molar-refractivity contribution in [1.29, 1.82) is 0 Å². The summed E-state index contributed by atoms with van der Waals surface area (Å²) in [5.41, 5.74) is 1.64. The molecule has 3 aromatic rings. The number of likely N-dealkylation sites (N-methyl/N-ethyl adjacent to an activating group) is 1. The molecule has 0 aliphatic carbocycles. The second-order valence-electron chi connectivity index (χ2n) is 8.18. The van der Waals surface area contributed by atoms with Crippen LogP contribution in [-0.4, -0.2) is 47.1 Å². The Kier molecular flexibility index (Phi) is 7.20. The Morgan fingerprint density at radius 1 is 1.09 bits per heavy atom. The molecule has 0 radical (unpaired) electrons. The average Bonchev–Trinajstić information content (AvgIpc) is 2.82. The van der Waals surface area contributed by atoms with Crippen molar-refractivity contribution in [3.05, 3.63) is 65.0 Å². The summed E-state index contributed by atoms with van der Waals surface area (Å²) in [6, 6.07) is 6.97. The summed E-state index contributed by atoms with van der Waals surface area (Å²) >= 11 is 0. The minimum atomic E-state index is -0.901. The molecule has 0 saturated carbocycles. The number of benzene rings is 2. The molecule has 0 spiro atoms. The number of fused-ring (bicyclic) bond motifs is 1. The molecular weight excluding hydrogens is 457 g/mol. The van der Waals surface area contributed by atoms with E-state index in [-0.39, 0.29) is 18.3 Å². The molecular formula is C25H27F3N6O. The largest absolute Gasteiger partial charge is 0.353 e. The summed E-state index contributed by atoms with van der Waals surface area (Å²) in [4.78, 5) is 25.1. The molecule has 2 amide bonds. The molecule has 0 bridgehead atoms. The van der Waals surface area contributed by atoms with Gasteiger partial charge in [-0.05, 0) is 55.9 Å². The monoisotopic (exact) mass is 484 g/mol. The SMILES string of the molecule is CCN(CC)CCNc1nc(-c2ccc(F)cc2C)c2c(n1)N(c1c(F)cccc1F)C(=O)NC2. The molecule has 2 N–H and O–H groups in total. The molecule has 184 valence electrons. The number of carbonyl (C=O) groups excluding carboxylic acids is 1. The molecule has 2 aromatic carbocycles.